The standard InChI is InChI=1S/C10H22N2O/c1-4-5-7-13-8-6-12-10(11)9(2)3/h9H,4-8H2,1-3H3,(H2,11,12). The molecule has 13 heavy (non-hydrogen) atoms. The van der Waals surface area contributed by atoms with Gasteiger partial charge >= 0.3 is 0 Å². The molecule has 0 fully saturated rings. The minimum absolute atomic E-state index is 0.343. The lowest BCUT2D eigenvalue weighted by Gasteiger charge is -2.04. The molecule has 0 aliphatic carbocycles. The molecule has 0 saturated heterocycles. The number of ether oxygens (including phenoxy) is 1. The van der Waals surface area contributed by atoms with Crippen LogP contribution in [0.5, 0.6) is 0 Å². The Bertz CT molecular complexity index is 144. The lowest BCUT2D eigenvalue weighted by Crippen LogP contribution is -2.19. The molecule has 0 heterocycles. The molecule has 0 bridgehead atoms. The maximum Gasteiger partial charge on any atom is 0.0963 e. The zero-order valence-corrected chi connectivity index (χ0v) is 9.05. The Morgan fingerprint density at radius 1 is 1.38 bits per heavy atom. The lowest BCUT2D eigenvalue weighted by molar-refractivity contribution is 0.139. The first-order valence-electron chi connectivity index (χ1n) is 5.06. The van der Waals surface area contributed by atoms with Crippen LogP contribution in [-0.4, -0.2) is 25.6 Å². The molecule has 0 spiro atoms. The summed E-state index contributed by atoms with van der Waals surface area (Å²) in [4.78, 5) is 4.19. The molecule has 0 aliphatic rings. The Labute approximate surface area is 81.4 Å². The van der Waals surface area contributed by atoms with Gasteiger partial charge in [0, 0.05) is 12.5 Å². The highest BCUT2D eigenvalue weighted by atomic mass is 16.5. The van der Waals surface area contributed by atoms with Crippen LogP contribution in [0.4, 0.5) is 0 Å². The highest BCUT2D eigenvalue weighted by Crippen LogP contribution is 1.92. The first kappa shape index (κ1) is 12.4. The van der Waals surface area contributed by atoms with E-state index in [0.29, 0.717) is 19.1 Å². The predicted molar refractivity (Wildman–Crippen MR) is 57.1 cm³/mol. The van der Waals surface area contributed by atoms with Gasteiger partial charge < -0.3 is 10.5 Å². The number of hydrogen-bond acceptors (Lipinski definition) is 2. The maximum absolute atomic E-state index is 5.65. The third kappa shape index (κ3) is 7.78. The van der Waals surface area contributed by atoms with Crippen LogP contribution in [0, 0.1) is 5.92 Å². The number of unbranched alkanes of at least 4 members (excludes halogenated alkanes) is 1. The van der Waals surface area contributed by atoms with Crippen LogP contribution in [0.1, 0.15) is 33.6 Å². The Morgan fingerprint density at radius 2 is 2.08 bits per heavy atom. The van der Waals surface area contributed by atoms with Gasteiger partial charge in [0.05, 0.1) is 19.0 Å². The summed E-state index contributed by atoms with van der Waals surface area (Å²) >= 11 is 0. The van der Waals surface area contributed by atoms with Crippen LogP contribution in [0.3, 0.4) is 0 Å². The Hall–Kier alpha value is -0.570. The normalized spacial score (nSPS) is 12.5. The number of aliphatic imine (C=N–C) groups is 1. The largest absolute Gasteiger partial charge is 0.387 e. The average molecular weight is 186 g/mol. The van der Waals surface area contributed by atoms with E-state index in [2.05, 4.69) is 11.9 Å². The van der Waals surface area contributed by atoms with Crippen molar-refractivity contribution in [2.45, 2.75) is 33.6 Å². The van der Waals surface area contributed by atoms with Crippen molar-refractivity contribution in [1.82, 2.24) is 0 Å². The number of hydrogen-bond donors (Lipinski definition) is 1. The van der Waals surface area contributed by atoms with Crippen molar-refractivity contribution in [3.8, 4) is 0 Å². The van der Waals surface area contributed by atoms with E-state index in [0.717, 1.165) is 18.9 Å². The second-order valence-corrected chi connectivity index (χ2v) is 3.43. The molecule has 0 saturated carbocycles. The monoisotopic (exact) mass is 186 g/mol. The Kier molecular flexibility index (Phi) is 7.69. The molecule has 3 nitrogen and oxygen atoms in total. The molecular weight excluding hydrogens is 164 g/mol. The van der Waals surface area contributed by atoms with Gasteiger partial charge in [0.1, 0.15) is 0 Å². The summed E-state index contributed by atoms with van der Waals surface area (Å²) in [6.07, 6.45) is 2.31. The summed E-state index contributed by atoms with van der Waals surface area (Å²) in [7, 11) is 0. The molecule has 0 rings (SSSR count). The summed E-state index contributed by atoms with van der Waals surface area (Å²) < 4.78 is 5.34. The van der Waals surface area contributed by atoms with Gasteiger partial charge in [-0.25, -0.2) is 0 Å². The average Bonchev–Trinajstić information content (AvgIpc) is 2.10. The van der Waals surface area contributed by atoms with E-state index in [1.54, 1.807) is 0 Å². The fourth-order valence-electron chi connectivity index (χ4n) is 0.770. The van der Waals surface area contributed by atoms with Crippen LogP contribution in [-0.2, 0) is 4.74 Å². The molecule has 2 N–H and O–H groups in total. The fraction of sp³-hybridized carbons (Fsp3) is 0.900. The van der Waals surface area contributed by atoms with Gasteiger partial charge in [0.15, 0.2) is 0 Å². The van der Waals surface area contributed by atoms with Crippen molar-refractivity contribution >= 4 is 5.84 Å². The highest BCUT2D eigenvalue weighted by molar-refractivity contribution is 5.82. The molecule has 0 aliphatic heterocycles. The van der Waals surface area contributed by atoms with Gasteiger partial charge in [-0.3, -0.25) is 4.99 Å². The quantitative estimate of drug-likeness (QED) is 0.374. The fourth-order valence-corrected chi connectivity index (χ4v) is 0.770. The van der Waals surface area contributed by atoms with Crippen LogP contribution < -0.4 is 5.73 Å². The summed E-state index contributed by atoms with van der Waals surface area (Å²) in [6, 6.07) is 0. The first-order chi connectivity index (χ1) is 6.18. The molecule has 0 aromatic heterocycles. The third-order valence-electron chi connectivity index (χ3n) is 1.76. The van der Waals surface area contributed by atoms with E-state index in [9.17, 15) is 0 Å². The van der Waals surface area contributed by atoms with E-state index < -0.39 is 0 Å². The lowest BCUT2D eigenvalue weighted by atomic mass is 10.2. The minimum atomic E-state index is 0.343. The van der Waals surface area contributed by atoms with Crippen molar-refractivity contribution in [2.24, 2.45) is 16.6 Å². The van der Waals surface area contributed by atoms with Crippen LogP contribution in [0.15, 0.2) is 4.99 Å². The van der Waals surface area contributed by atoms with E-state index >= 15 is 0 Å². The van der Waals surface area contributed by atoms with Crippen LogP contribution in [0.25, 0.3) is 0 Å². The van der Waals surface area contributed by atoms with Gasteiger partial charge in [-0.15, -0.1) is 0 Å². The summed E-state index contributed by atoms with van der Waals surface area (Å²) in [6.45, 7) is 8.45. The molecule has 0 atom stereocenters. The summed E-state index contributed by atoms with van der Waals surface area (Å²) in [5.74, 6) is 1.06. The van der Waals surface area contributed by atoms with E-state index in [1.807, 2.05) is 13.8 Å². The van der Waals surface area contributed by atoms with Crippen LogP contribution >= 0.6 is 0 Å². The van der Waals surface area contributed by atoms with Crippen molar-refractivity contribution in [2.75, 3.05) is 19.8 Å². The maximum atomic E-state index is 5.65. The number of amidine groups is 1. The predicted octanol–water partition coefficient (Wildman–Crippen LogP) is 1.82. The topological polar surface area (TPSA) is 47.6 Å². The number of nitrogens with two attached hydrogens (primary N) is 1. The smallest absolute Gasteiger partial charge is 0.0963 e. The minimum Gasteiger partial charge on any atom is -0.387 e. The van der Waals surface area contributed by atoms with E-state index in [-0.39, 0.29) is 0 Å². The first-order valence-corrected chi connectivity index (χ1v) is 5.06. The zero-order valence-electron chi connectivity index (χ0n) is 9.05. The Morgan fingerprint density at radius 3 is 2.62 bits per heavy atom. The van der Waals surface area contributed by atoms with Crippen molar-refractivity contribution in [1.29, 1.82) is 0 Å². The number of rotatable bonds is 7. The molecule has 0 aromatic carbocycles. The highest BCUT2D eigenvalue weighted by Gasteiger charge is 1.96. The second kappa shape index (κ2) is 8.05. The molecule has 0 amide bonds. The van der Waals surface area contributed by atoms with Crippen molar-refractivity contribution in [3.05, 3.63) is 0 Å². The van der Waals surface area contributed by atoms with E-state index in [1.165, 1.54) is 6.42 Å². The summed E-state index contributed by atoms with van der Waals surface area (Å²) in [5.41, 5.74) is 5.65. The zero-order chi connectivity index (χ0) is 10.1. The molecular formula is C10H22N2O. The van der Waals surface area contributed by atoms with Gasteiger partial charge in [-0.1, -0.05) is 27.2 Å². The molecule has 3 heteroatoms. The SMILES string of the molecule is CCCCOCCN=C(N)C(C)C. The molecule has 0 aromatic rings. The number of nitrogens with zero attached hydrogens (tertiary/aromatic N) is 1. The molecule has 0 radical (unpaired) electrons. The Balaban J connectivity index is 3.29. The van der Waals surface area contributed by atoms with Gasteiger partial charge in [-0.05, 0) is 6.42 Å². The van der Waals surface area contributed by atoms with Crippen molar-refractivity contribution < 1.29 is 4.74 Å². The molecule has 0 unspecified atom stereocenters. The van der Waals surface area contributed by atoms with Crippen molar-refractivity contribution in [3.63, 3.8) is 0 Å². The van der Waals surface area contributed by atoms with Gasteiger partial charge in [0.25, 0.3) is 0 Å². The third-order valence-corrected chi connectivity index (χ3v) is 1.76. The van der Waals surface area contributed by atoms with Gasteiger partial charge in [0.2, 0.25) is 0 Å². The second-order valence-electron chi connectivity index (χ2n) is 3.43. The molecule has 78 valence electrons. The van der Waals surface area contributed by atoms with E-state index in [4.69, 9.17) is 10.5 Å². The van der Waals surface area contributed by atoms with Gasteiger partial charge in [-0.2, -0.15) is 0 Å². The van der Waals surface area contributed by atoms with Crippen LogP contribution in [0.2, 0.25) is 0 Å². The summed E-state index contributed by atoms with van der Waals surface area (Å²) in [5, 5.41) is 0.